The van der Waals surface area contributed by atoms with Crippen molar-refractivity contribution < 1.29 is 19.1 Å². The minimum absolute atomic E-state index is 0.0603. The maximum absolute atomic E-state index is 13.3. The molecule has 1 aromatic carbocycles. The third-order valence-electron chi connectivity index (χ3n) is 6.60. The van der Waals surface area contributed by atoms with Gasteiger partial charge in [0, 0.05) is 33.0 Å². The van der Waals surface area contributed by atoms with E-state index in [9.17, 15) is 9.59 Å². The Morgan fingerprint density at radius 2 is 1.81 bits per heavy atom. The lowest BCUT2D eigenvalue weighted by Crippen LogP contribution is -2.29. The summed E-state index contributed by atoms with van der Waals surface area (Å²) in [6, 6.07) is 7.78. The van der Waals surface area contributed by atoms with Crippen LogP contribution in [0.5, 0.6) is 0 Å². The summed E-state index contributed by atoms with van der Waals surface area (Å²) in [6.45, 7) is 17.4. The van der Waals surface area contributed by atoms with Crippen LogP contribution in [0.4, 0.5) is 0 Å². The van der Waals surface area contributed by atoms with Crippen LogP contribution in [0.2, 0.25) is 0 Å². The van der Waals surface area contributed by atoms with Gasteiger partial charge in [0.05, 0.1) is 12.2 Å². The number of ether oxygens (including phenoxy) is 2. The second kappa shape index (κ2) is 12.0. The lowest BCUT2D eigenvalue weighted by atomic mass is 9.76. The van der Waals surface area contributed by atoms with Crippen molar-refractivity contribution in [2.75, 3.05) is 13.2 Å². The van der Waals surface area contributed by atoms with Crippen molar-refractivity contribution >= 4 is 28.8 Å². The van der Waals surface area contributed by atoms with E-state index in [0.717, 1.165) is 52.1 Å². The number of rotatable bonds is 9. The second-order valence-corrected chi connectivity index (χ2v) is 12.8. The smallest absolute Gasteiger partial charge is 0.340 e. The Kier molecular flexibility index (Phi) is 9.41. The molecule has 0 aliphatic heterocycles. The van der Waals surface area contributed by atoms with Crippen LogP contribution in [-0.2, 0) is 14.3 Å². The Labute approximate surface area is 226 Å². The highest BCUT2D eigenvalue weighted by Crippen LogP contribution is 2.49. The van der Waals surface area contributed by atoms with Gasteiger partial charge < -0.3 is 14.8 Å². The van der Waals surface area contributed by atoms with Crippen molar-refractivity contribution in [3.05, 3.63) is 51.9 Å². The van der Waals surface area contributed by atoms with Gasteiger partial charge in [-0.15, -0.1) is 11.3 Å². The summed E-state index contributed by atoms with van der Waals surface area (Å²) < 4.78 is 11.9. The summed E-state index contributed by atoms with van der Waals surface area (Å²) in [4.78, 5) is 27.9. The van der Waals surface area contributed by atoms with Crippen LogP contribution in [0.15, 0.2) is 30.3 Å². The highest BCUT2D eigenvalue weighted by molar-refractivity contribution is 7.16. The van der Waals surface area contributed by atoms with Crippen LogP contribution >= 0.6 is 11.3 Å². The number of nitrogens with one attached hydrogen (secondary N) is 1. The molecule has 202 valence electrons. The van der Waals surface area contributed by atoms with Gasteiger partial charge in [-0.1, -0.05) is 39.0 Å². The zero-order chi connectivity index (χ0) is 27.4. The number of carbonyl (C=O) groups is 2. The van der Waals surface area contributed by atoms with Crippen molar-refractivity contribution in [2.24, 2.45) is 5.41 Å². The minimum atomic E-state index is -0.810. The molecule has 2 aromatic rings. The van der Waals surface area contributed by atoms with Gasteiger partial charge in [-0.3, -0.25) is 4.79 Å². The van der Waals surface area contributed by atoms with Gasteiger partial charge in [0.2, 0.25) is 0 Å². The molecule has 37 heavy (non-hydrogen) atoms. The zero-order valence-electron chi connectivity index (χ0n) is 23.7. The zero-order valence-corrected chi connectivity index (χ0v) is 24.6. The van der Waals surface area contributed by atoms with E-state index in [1.807, 2.05) is 58.9 Å². The standard InChI is InChI=1S/C31H43NO4S/c1-9-19-32-28(33)23-13-11-22(12-14-23)27-25(21-15-17-31(7,8)18-16-21)24(20(3)37-27)26(29(34)35-10-2)36-30(4,5)6/h11-15,26H,9-10,16-19H2,1-8H3,(H,32,33). The average Bonchev–Trinajstić information content (AvgIpc) is 3.17. The van der Waals surface area contributed by atoms with E-state index in [1.165, 1.54) is 5.57 Å². The molecule has 0 saturated heterocycles. The van der Waals surface area contributed by atoms with Crippen molar-refractivity contribution in [3.8, 4) is 10.4 Å². The molecular weight excluding hydrogens is 482 g/mol. The first-order valence-corrected chi connectivity index (χ1v) is 14.2. The maximum Gasteiger partial charge on any atom is 0.340 e. The average molecular weight is 526 g/mol. The summed E-state index contributed by atoms with van der Waals surface area (Å²) in [5, 5.41) is 2.94. The van der Waals surface area contributed by atoms with E-state index in [2.05, 4.69) is 32.2 Å². The number of thiophene rings is 1. The molecule has 1 heterocycles. The number of benzene rings is 1. The van der Waals surface area contributed by atoms with Crippen LogP contribution in [0.3, 0.4) is 0 Å². The normalized spacial score (nSPS) is 16.2. The number of hydrogen-bond acceptors (Lipinski definition) is 5. The van der Waals surface area contributed by atoms with E-state index in [4.69, 9.17) is 9.47 Å². The predicted molar refractivity (Wildman–Crippen MR) is 153 cm³/mol. The first kappa shape index (κ1) is 29.1. The summed E-state index contributed by atoms with van der Waals surface area (Å²) in [5.74, 6) is -0.416. The minimum Gasteiger partial charge on any atom is -0.464 e. The molecule has 0 radical (unpaired) electrons. The molecular formula is C31H43NO4S. The van der Waals surface area contributed by atoms with Crippen LogP contribution < -0.4 is 5.32 Å². The van der Waals surface area contributed by atoms with Crippen LogP contribution in [0, 0.1) is 12.3 Å². The summed E-state index contributed by atoms with van der Waals surface area (Å²) in [6.07, 6.45) is 5.42. The number of carbonyl (C=O) groups excluding carboxylic acids is 2. The quantitative estimate of drug-likeness (QED) is 0.338. The molecule has 1 aliphatic carbocycles. The molecule has 0 saturated carbocycles. The van der Waals surface area contributed by atoms with Crippen LogP contribution in [0.1, 0.15) is 107 Å². The van der Waals surface area contributed by atoms with Gasteiger partial charge in [-0.2, -0.15) is 0 Å². The summed E-state index contributed by atoms with van der Waals surface area (Å²) >= 11 is 1.68. The molecule has 3 rings (SSSR count). The van der Waals surface area contributed by atoms with E-state index in [-0.39, 0.29) is 17.3 Å². The Morgan fingerprint density at radius 3 is 2.35 bits per heavy atom. The third-order valence-corrected chi connectivity index (χ3v) is 7.77. The van der Waals surface area contributed by atoms with Gasteiger partial charge >= 0.3 is 5.97 Å². The molecule has 6 heteroatoms. The van der Waals surface area contributed by atoms with E-state index < -0.39 is 11.7 Å². The molecule has 1 N–H and O–H groups in total. The first-order chi connectivity index (χ1) is 17.4. The number of aryl methyl sites for hydroxylation is 1. The molecule has 1 unspecified atom stereocenters. The molecule has 5 nitrogen and oxygen atoms in total. The number of esters is 1. The predicted octanol–water partition coefficient (Wildman–Crippen LogP) is 7.88. The fourth-order valence-electron chi connectivity index (χ4n) is 4.61. The molecule has 1 aromatic heterocycles. The van der Waals surface area contributed by atoms with Crippen molar-refractivity contribution in [1.82, 2.24) is 5.32 Å². The van der Waals surface area contributed by atoms with Gasteiger partial charge in [0.15, 0.2) is 6.10 Å². The highest BCUT2D eigenvalue weighted by atomic mass is 32.1. The van der Waals surface area contributed by atoms with E-state index in [1.54, 1.807) is 11.3 Å². The van der Waals surface area contributed by atoms with Gasteiger partial charge in [-0.25, -0.2) is 4.79 Å². The number of hydrogen-bond donors (Lipinski definition) is 1. The SMILES string of the molecule is CCCNC(=O)c1ccc(-c2sc(C)c(C(OC(C)(C)C)C(=O)OCC)c2C2=CCC(C)(C)CC2)cc1. The Bertz CT molecular complexity index is 1140. The summed E-state index contributed by atoms with van der Waals surface area (Å²) in [5.41, 5.74) is 4.65. The van der Waals surface area contributed by atoms with Crippen LogP contribution in [0.25, 0.3) is 16.0 Å². The fraction of sp³-hybridized carbons (Fsp3) is 0.548. The second-order valence-electron chi connectivity index (χ2n) is 11.6. The fourth-order valence-corrected chi connectivity index (χ4v) is 5.83. The van der Waals surface area contributed by atoms with Crippen molar-refractivity contribution in [1.29, 1.82) is 0 Å². The molecule has 0 spiro atoms. The van der Waals surface area contributed by atoms with Gasteiger partial charge in [0.1, 0.15) is 0 Å². The number of amides is 1. The highest BCUT2D eigenvalue weighted by Gasteiger charge is 2.36. The molecule has 0 bridgehead atoms. The maximum atomic E-state index is 13.3. The number of allylic oxidation sites excluding steroid dienone is 2. The Hall–Kier alpha value is -2.44. The lowest BCUT2D eigenvalue weighted by Gasteiger charge is -2.31. The van der Waals surface area contributed by atoms with Crippen molar-refractivity contribution in [3.63, 3.8) is 0 Å². The molecule has 1 aliphatic rings. The van der Waals surface area contributed by atoms with E-state index >= 15 is 0 Å². The largest absolute Gasteiger partial charge is 0.464 e. The van der Waals surface area contributed by atoms with Crippen molar-refractivity contribution in [2.45, 2.75) is 92.8 Å². The monoisotopic (exact) mass is 525 g/mol. The van der Waals surface area contributed by atoms with Crippen LogP contribution in [-0.4, -0.2) is 30.6 Å². The topological polar surface area (TPSA) is 64.6 Å². The third kappa shape index (κ3) is 7.32. The van der Waals surface area contributed by atoms with Gasteiger partial charge in [-0.05, 0) is 89.0 Å². The first-order valence-electron chi connectivity index (χ1n) is 13.4. The van der Waals surface area contributed by atoms with E-state index in [0.29, 0.717) is 18.7 Å². The Balaban J connectivity index is 2.16. The lowest BCUT2D eigenvalue weighted by molar-refractivity contribution is -0.166. The Morgan fingerprint density at radius 1 is 1.14 bits per heavy atom. The molecule has 0 fully saturated rings. The van der Waals surface area contributed by atoms with Gasteiger partial charge in [0.25, 0.3) is 5.91 Å². The molecule has 1 atom stereocenters. The summed E-state index contributed by atoms with van der Waals surface area (Å²) in [7, 11) is 0. The molecule has 1 amide bonds.